The summed E-state index contributed by atoms with van der Waals surface area (Å²) in [5, 5.41) is 41.2. The summed E-state index contributed by atoms with van der Waals surface area (Å²) in [6.45, 7) is 1.59. The van der Waals surface area contributed by atoms with E-state index in [1.165, 1.54) is 18.2 Å². The van der Waals surface area contributed by atoms with Gasteiger partial charge in [-0.15, -0.1) is 4.33 Å². The van der Waals surface area contributed by atoms with Crippen molar-refractivity contribution in [3.8, 4) is 12.0 Å². The van der Waals surface area contributed by atoms with E-state index in [1.807, 2.05) is 68.3 Å². The van der Waals surface area contributed by atoms with E-state index >= 15 is 0 Å². The van der Waals surface area contributed by atoms with E-state index in [0.717, 1.165) is 0 Å². The van der Waals surface area contributed by atoms with Gasteiger partial charge in [-0.05, 0) is 75.7 Å². The topological polar surface area (TPSA) is 275 Å². The smallest absolute Gasteiger partial charge is 0.323 e. The minimum absolute atomic E-state index is 0.00903. The van der Waals surface area contributed by atoms with Crippen LogP contribution in [0.25, 0.3) is 12.2 Å². The third kappa shape index (κ3) is 15.0. The Labute approximate surface area is 362 Å². The highest BCUT2D eigenvalue weighted by Gasteiger charge is 2.18. The molecule has 0 bridgehead atoms. The molecule has 0 aliphatic carbocycles. The van der Waals surface area contributed by atoms with Crippen LogP contribution in [0.1, 0.15) is 11.1 Å². The van der Waals surface area contributed by atoms with Gasteiger partial charge in [-0.1, -0.05) is 47.5 Å². The fourth-order valence-electron chi connectivity index (χ4n) is 5.27. The Balaban J connectivity index is 1.42. The van der Waals surface area contributed by atoms with E-state index in [2.05, 4.69) is 50.9 Å². The Bertz CT molecular complexity index is 2340. The van der Waals surface area contributed by atoms with Crippen LogP contribution in [0, 0.1) is 0 Å². The average Bonchev–Trinajstić information content (AvgIpc) is 3.22. The molecule has 2 heterocycles. The number of hydrogen-bond acceptors (Lipinski definition) is 22. The minimum atomic E-state index is -4.77. The Morgan fingerprint density at radius 3 is 1.76 bits per heavy atom. The third-order valence-electron chi connectivity index (χ3n) is 8.22. The monoisotopic (exact) mass is 896 g/mol. The molecule has 0 aliphatic heterocycles. The molecule has 0 saturated carbocycles. The highest BCUT2D eigenvalue weighted by Crippen LogP contribution is 2.32. The molecule has 0 saturated heterocycles. The van der Waals surface area contributed by atoms with Crippen molar-refractivity contribution >= 4 is 75.2 Å². The van der Waals surface area contributed by atoms with Crippen LogP contribution in [0.4, 0.5) is 40.9 Å². The predicted octanol–water partition coefficient (Wildman–Crippen LogP) is 3.80. The lowest BCUT2D eigenvalue weighted by atomic mass is 10.1. The van der Waals surface area contributed by atoms with Crippen molar-refractivity contribution in [1.82, 2.24) is 39.7 Å². The molecule has 22 nitrogen and oxygen atoms in total. The zero-order valence-electron chi connectivity index (χ0n) is 34.2. The largest absolute Gasteiger partial charge is 0.462 e. The first-order chi connectivity index (χ1) is 29.8. The molecule has 7 N–H and O–H groups in total. The van der Waals surface area contributed by atoms with Crippen molar-refractivity contribution in [3.63, 3.8) is 0 Å². The molecule has 0 radical (unpaired) electrons. The standard InChI is InChI=1S/C38H48N12O10S2/c1-48(2)18-22-57-37-44-33(39-28-8-6-5-7-9-28)42-34(45-37)41-30-15-13-27(32(25-30)62(54,55)56)11-10-26-12-14-29(24-31(26)61-60-59-53)40-35-43-36(50(16-20-51)17-21-52)47-38(46-35)58-23-19-49(3)4/h5-15,24-25,51-53H,16-23H2,1-4H3,(H,54,55,56)(H,40,43,46,47)(H2,39,41,42,44,45)/b11-10+. The molecule has 2 aromatic heterocycles. The van der Waals surface area contributed by atoms with Crippen LogP contribution in [0.3, 0.4) is 0 Å². The van der Waals surface area contributed by atoms with Gasteiger partial charge in [0.2, 0.25) is 23.8 Å². The molecule has 0 unspecified atom stereocenters. The fourth-order valence-corrected chi connectivity index (χ4v) is 6.49. The lowest BCUT2D eigenvalue weighted by Gasteiger charge is -2.21. The molecule has 0 spiro atoms. The van der Waals surface area contributed by atoms with E-state index in [-0.39, 0.29) is 80.0 Å². The van der Waals surface area contributed by atoms with Crippen LogP contribution in [-0.2, 0) is 19.5 Å². The van der Waals surface area contributed by atoms with Gasteiger partial charge in [0.25, 0.3) is 10.1 Å². The molecule has 0 aliphatic rings. The molecule has 3 aromatic carbocycles. The van der Waals surface area contributed by atoms with Crippen LogP contribution in [0.15, 0.2) is 76.5 Å². The summed E-state index contributed by atoms with van der Waals surface area (Å²) in [6.07, 6.45) is 3.03. The van der Waals surface area contributed by atoms with Gasteiger partial charge in [-0.3, -0.25) is 4.55 Å². The van der Waals surface area contributed by atoms with E-state index < -0.39 is 15.0 Å². The fraction of sp³-hybridized carbons (Fsp3) is 0.316. The first kappa shape index (κ1) is 47.3. The Morgan fingerprint density at radius 2 is 1.19 bits per heavy atom. The van der Waals surface area contributed by atoms with Crippen molar-refractivity contribution in [1.29, 1.82) is 0 Å². The summed E-state index contributed by atoms with van der Waals surface area (Å²) in [6, 6.07) is 18.5. The number of ether oxygens (including phenoxy) is 2. The van der Waals surface area contributed by atoms with Crippen LogP contribution in [0.5, 0.6) is 12.0 Å². The molecule has 0 atom stereocenters. The van der Waals surface area contributed by atoms with Gasteiger partial charge in [-0.2, -0.15) is 38.3 Å². The first-order valence-electron chi connectivity index (χ1n) is 18.8. The van der Waals surface area contributed by atoms with Gasteiger partial charge < -0.3 is 50.3 Å². The molecule has 5 rings (SSSR count). The lowest BCUT2D eigenvalue weighted by Crippen LogP contribution is -2.31. The Morgan fingerprint density at radius 1 is 0.661 bits per heavy atom. The average molecular weight is 897 g/mol. The number of rotatable bonds is 25. The van der Waals surface area contributed by atoms with Crippen molar-refractivity contribution in [2.45, 2.75) is 9.79 Å². The number of nitrogens with zero attached hydrogens (tertiary/aromatic N) is 9. The number of aromatic nitrogens is 6. The Hall–Kier alpha value is -5.80. The summed E-state index contributed by atoms with van der Waals surface area (Å²) in [7, 11) is 2.81. The van der Waals surface area contributed by atoms with Crippen LogP contribution >= 0.6 is 12.0 Å². The second-order valence-electron chi connectivity index (χ2n) is 13.5. The second-order valence-corrected chi connectivity index (χ2v) is 15.7. The minimum Gasteiger partial charge on any atom is -0.462 e. The summed E-state index contributed by atoms with van der Waals surface area (Å²) in [5.74, 6) is 0.442. The van der Waals surface area contributed by atoms with E-state index in [1.54, 1.807) is 35.2 Å². The molecule has 332 valence electrons. The number of likely N-dealkylation sites (N-methyl/N-ethyl adjacent to an activating group) is 2. The first-order valence-corrected chi connectivity index (χ1v) is 21.0. The van der Waals surface area contributed by atoms with Gasteiger partial charge in [0.1, 0.15) is 18.1 Å². The molecule has 5 aromatic rings. The number of aliphatic hydroxyl groups excluding tert-OH is 2. The number of hydrogen-bond donors (Lipinski definition) is 7. The predicted molar refractivity (Wildman–Crippen MR) is 233 cm³/mol. The summed E-state index contributed by atoms with van der Waals surface area (Å²) in [5.41, 5.74) is 1.99. The van der Waals surface area contributed by atoms with Gasteiger partial charge in [-0.25, -0.2) is 5.26 Å². The van der Waals surface area contributed by atoms with Crippen molar-refractivity contribution in [2.75, 3.05) is 102 Å². The van der Waals surface area contributed by atoms with Crippen LogP contribution in [0.2, 0.25) is 0 Å². The molecule has 0 amide bonds. The summed E-state index contributed by atoms with van der Waals surface area (Å²) < 4.78 is 52.0. The normalized spacial score (nSPS) is 11.6. The summed E-state index contributed by atoms with van der Waals surface area (Å²) in [4.78, 5) is 31.7. The maximum atomic E-state index is 12.7. The summed E-state index contributed by atoms with van der Waals surface area (Å²) >= 11 is 0.643. The van der Waals surface area contributed by atoms with Crippen LogP contribution in [-0.4, -0.2) is 149 Å². The quantitative estimate of drug-likeness (QED) is 0.0144. The zero-order chi connectivity index (χ0) is 44.5. The number of nitrogens with one attached hydrogen (secondary N) is 3. The van der Waals surface area contributed by atoms with Crippen molar-refractivity contribution < 1.29 is 47.3 Å². The second kappa shape index (κ2) is 23.4. The van der Waals surface area contributed by atoms with Gasteiger partial charge in [0, 0.05) is 48.1 Å². The van der Waals surface area contributed by atoms with Gasteiger partial charge in [0.05, 0.1) is 25.3 Å². The zero-order valence-corrected chi connectivity index (χ0v) is 35.9. The lowest BCUT2D eigenvalue weighted by molar-refractivity contribution is -0.432. The number of para-hydroxylation sites is 1. The number of benzene rings is 3. The highest BCUT2D eigenvalue weighted by atomic mass is 32.2. The SMILES string of the molecule is CN(C)CCOc1nc(Nc2ccccc2)nc(Nc2ccc(/C=C/c3ccc(Nc4nc(OCCN(C)C)nc(N(CCO)CCO)n4)cc3SOOO)c(S(=O)(=O)O)c2)n1. The molecular formula is C38H48N12O10S2. The third-order valence-corrected chi connectivity index (χ3v) is 9.80. The maximum Gasteiger partial charge on any atom is 0.323 e. The van der Waals surface area contributed by atoms with E-state index in [0.29, 0.717) is 53.6 Å². The van der Waals surface area contributed by atoms with Crippen molar-refractivity contribution in [3.05, 3.63) is 77.9 Å². The number of aliphatic hydroxyl groups is 2. The van der Waals surface area contributed by atoms with E-state index in [4.69, 9.17) is 19.1 Å². The van der Waals surface area contributed by atoms with Gasteiger partial charge in [0.15, 0.2) is 0 Å². The van der Waals surface area contributed by atoms with E-state index in [9.17, 15) is 23.2 Å². The number of anilines is 7. The molecule has 62 heavy (non-hydrogen) atoms. The molecule has 24 heteroatoms. The maximum absolute atomic E-state index is 12.7. The van der Waals surface area contributed by atoms with Crippen LogP contribution < -0.4 is 30.3 Å². The Kier molecular flexibility index (Phi) is 17.9. The highest BCUT2D eigenvalue weighted by molar-refractivity contribution is 7.94. The molecule has 0 fully saturated rings. The van der Waals surface area contributed by atoms with Gasteiger partial charge >= 0.3 is 12.0 Å². The molecular weight excluding hydrogens is 849 g/mol. The van der Waals surface area contributed by atoms with Crippen molar-refractivity contribution in [2.24, 2.45) is 0 Å².